The Morgan fingerprint density at radius 2 is 2.06 bits per heavy atom. The Morgan fingerprint density at radius 3 is 2.65 bits per heavy atom. The predicted octanol–water partition coefficient (Wildman–Crippen LogP) is 7.16. The van der Waals surface area contributed by atoms with Crippen molar-refractivity contribution >= 4 is 11.9 Å². The number of fused-ring (bicyclic) bond motifs is 2. The lowest BCUT2D eigenvalue weighted by molar-refractivity contribution is -0.138. The molecule has 1 heterocycles. The van der Waals surface area contributed by atoms with Crippen LogP contribution >= 0.6 is 0 Å². The Kier molecular flexibility index (Phi) is 6.11. The summed E-state index contributed by atoms with van der Waals surface area (Å²) in [6, 6.07) is 0. The first-order valence-electron chi connectivity index (χ1n) is 12.7. The van der Waals surface area contributed by atoms with Crippen molar-refractivity contribution in [1.82, 2.24) is 0 Å². The van der Waals surface area contributed by atoms with E-state index in [1.807, 2.05) is 6.08 Å². The van der Waals surface area contributed by atoms with Gasteiger partial charge < -0.3 is 9.84 Å². The van der Waals surface area contributed by atoms with E-state index in [-0.39, 0.29) is 34.6 Å². The van der Waals surface area contributed by atoms with E-state index in [0.717, 1.165) is 37.7 Å². The fraction of sp³-hybridized carbons (Fsp3) is 0.600. The number of carbonyl (C=O) groups is 2. The number of esters is 1. The molecule has 4 heteroatoms. The van der Waals surface area contributed by atoms with Crippen molar-refractivity contribution in [3.8, 4) is 0 Å². The second kappa shape index (κ2) is 8.39. The quantitative estimate of drug-likeness (QED) is 0.335. The van der Waals surface area contributed by atoms with Gasteiger partial charge in [0.05, 0.1) is 0 Å². The summed E-state index contributed by atoms with van der Waals surface area (Å²) < 4.78 is 5.49. The van der Waals surface area contributed by atoms with Crippen LogP contribution in [0.2, 0.25) is 0 Å². The Hall–Kier alpha value is -2.36. The number of aliphatic carboxylic acids is 1. The molecule has 6 atom stereocenters. The van der Waals surface area contributed by atoms with Gasteiger partial charge in [-0.1, -0.05) is 56.7 Å². The summed E-state index contributed by atoms with van der Waals surface area (Å²) in [5.74, 6) is 0.496. The maximum Gasteiger partial charge on any atom is 0.339 e. The number of carboxylic acids is 1. The van der Waals surface area contributed by atoms with Crippen LogP contribution in [0, 0.1) is 34.0 Å². The van der Waals surface area contributed by atoms with E-state index in [1.54, 1.807) is 6.92 Å². The molecule has 0 saturated heterocycles. The van der Waals surface area contributed by atoms with E-state index < -0.39 is 5.97 Å². The molecule has 2 fully saturated rings. The number of hydrogen-bond acceptors (Lipinski definition) is 3. The zero-order chi connectivity index (χ0) is 25.1. The highest BCUT2D eigenvalue weighted by molar-refractivity contribution is 5.92. The maximum atomic E-state index is 11.9. The van der Waals surface area contributed by atoms with Crippen LogP contribution in [-0.2, 0) is 14.3 Å². The number of cyclic esters (lactones) is 1. The average molecular weight is 465 g/mol. The number of carboxylic acid groups (broad SMARTS) is 1. The van der Waals surface area contributed by atoms with Crippen molar-refractivity contribution in [3.05, 3.63) is 59.4 Å². The van der Waals surface area contributed by atoms with Gasteiger partial charge >= 0.3 is 11.9 Å². The maximum absolute atomic E-state index is 11.9. The highest BCUT2D eigenvalue weighted by atomic mass is 16.5. The average Bonchev–Trinajstić information content (AvgIpc) is 3.39. The fourth-order valence-electron chi connectivity index (χ4n) is 8.06. The molecule has 1 spiro atoms. The number of carbonyl (C=O) groups excluding carboxylic acids is 1. The predicted molar refractivity (Wildman–Crippen MR) is 135 cm³/mol. The van der Waals surface area contributed by atoms with Crippen LogP contribution < -0.4 is 0 Å². The summed E-state index contributed by atoms with van der Waals surface area (Å²) in [4.78, 5) is 23.5. The van der Waals surface area contributed by atoms with Gasteiger partial charge in [0.25, 0.3) is 0 Å². The van der Waals surface area contributed by atoms with E-state index in [2.05, 4.69) is 53.0 Å². The molecule has 2 saturated carbocycles. The van der Waals surface area contributed by atoms with Gasteiger partial charge in [0.2, 0.25) is 0 Å². The van der Waals surface area contributed by atoms with Crippen LogP contribution in [0.15, 0.2) is 59.4 Å². The third-order valence-corrected chi connectivity index (χ3v) is 10.1. The van der Waals surface area contributed by atoms with E-state index in [9.17, 15) is 14.7 Å². The largest absolute Gasteiger partial charge is 0.481 e. The van der Waals surface area contributed by atoms with Crippen LogP contribution in [0.3, 0.4) is 0 Å². The zero-order valence-corrected chi connectivity index (χ0v) is 21.5. The molecule has 4 nitrogen and oxygen atoms in total. The third kappa shape index (κ3) is 3.48. The Bertz CT molecular complexity index is 1040. The van der Waals surface area contributed by atoms with E-state index in [0.29, 0.717) is 29.6 Å². The Labute approximate surface area is 204 Å². The second-order valence-corrected chi connectivity index (χ2v) is 11.8. The van der Waals surface area contributed by atoms with Gasteiger partial charge in [-0.2, -0.15) is 0 Å². The summed E-state index contributed by atoms with van der Waals surface area (Å²) in [6.45, 7) is 19.7. The molecule has 0 aromatic rings. The standard InChI is InChI=1S/C30H40O4/c1-18(2)23-8-9-25-24(28(23,6)13-12-26(31)32)11-15-30(25)20(4)10-14-29(30,7)21(5)17-22-16-19(3)27(33)34-22/h9,16-17,21,23-24H,1,4,8,10-15H2,2-3,5-7H3,(H,31,32). The van der Waals surface area contributed by atoms with Crippen LogP contribution in [-0.4, -0.2) is 17.0 Å². The van der Waals surface area contributed by atoms with Gasteiger partial charge in [-0.25, -0.2) is 4.79 Å². The van der Waals surface area contributed by atoms with Crippen LogP contribution in [0.1, 0.15) is 79.6 Å². The van der Waals surface area contributed by atoms with Gasteiger partial charge in [0.15, 0.2) is 0 Å². The summed E-state index contributed by atoms with van der Waals surface area (Å²) in [6.07, 6.45) is 12.4. The minimum atomic E-state index is -0.727. The van der Waals surface area contributed by atoms with Crippen LogP contribution in [0.25, 0.3) is 0 Å². The first kappa shape index (κ1) is 24.8. The summed E-state index contributed by atoms with van der Waals surface area (Å²) in [5, 5.41) is 9.50. The highest BCUT2D eigenvalue weighted by Crippen LogP contribution is 2.73. The molecule has 0 radical (unpaired) electrons. The van der Waals surface area contributed by atoms with Crippen molar-refractivity contribution in [2.45, 2.75) is 79.6 Å². The van der Waals surface area contributed by atoms with Crippen molar-refractivity contribution < 1.29 is 19.4 Å². The summed E-state index contributed by atoms with van der Waals surface area (Å²) >= 11 is 0. The number of hydrogen-bond donors (Lipinski definition) is 1. The van der Waals surface area contributed by atoms with Gasteiger partial charge in [-0.3, -0.25) is 4.79 Å². The number of allylic oxidation sites excluding steroid dienone is 6. The van der Waals surface area contributed by atoms with Crippen molar-refractivity contribution in [2.75, 3.05) is 0 Å². The van der Waals surface area contributed by atoms with E-state index in [4.69, 9.17) is 4.74 Å². The molecule has 0 aromatic carbocycles. The summed E-state index contributed by atoms with van der Waals surface area (Å²) in [5.41, 5.74) is 4.34. The third-order valence-electron chi connectivity index (χ3n) is 10.1. The molecule has 4 aliphatic rings. The number of ether oxygens (including phenoxy) is 1. The molecule has 6 unspecified atom stereocenters. The molecule has 0 amide bonds. The molecule has 34 heavy (non-hydrogen) atoms. The van der Waals surface area contributed by atoms with Gasteiger partial charge in [-0.15, -0.1) is 0 Å². The monoisotopic (exact) mass is 464 g/mol. The van der Waals surface area contributed by atoms with Gasteiger partial charge in [-0.05, 0) is 93.1 Å². The first-order chi connectivity index (χ1) is 15.9. The molecule has 184 valence electrons. The molecular formula is C30H40O4. The van der Waals surface area contributed by atoms with Crippen LogP contribution in [0.4, 0.5) is 0 Å². The normalized spacial score (nSPS) is 39.1. The Morgan fingerprint density at radius 1 is 1.35 bits per heavy atom. The van der Waals surface area contributed by atoms with Crippen molar-refractivity contribution in [2.24, 2.45) is 34.0 Å². The minimum Gasteiger partial charge on any atom is -0.481 e. The van der Waals surface area contributed by atoms with Gasteiger partial charge in [0.1, 0.15) is 5.76 Å². The van der Waals surface area contributed by atoms with Gasteiger partial charge in [0, 0.05) is 17.4 Å². The lowest BCUT2D eigenvalue weighted by Crippen LogP contribution is -2.45. The molecule has 0 aromatic heterocycles. The number of rotatable bonds is 6. The van der Waals surface area contributed by atoms with E-state index >= 15 is 0 Å². The van der Waals surface area contributed by atoms with E-state index in [1.165, 1.54) is 11.1 Å². The fourth-order valence-corrected chi connectivity index (χ4v) is 8.06. The Balaban J connectivity index is 1.75. The van der Waals surface area contributed by atoms with Crippen molar-refractivity contribution in [1.29, 1.82) is 0 Å². The summed E-state index contributed by atoms with van der Waals surface area (Å²) in [7, 11) is 0. The SMILES string of the molecule is C=C(C)C1CC=C2C(CCC23C(=C)CCC3(C)C(C)C=C2C=C(C)C(=O)O2)C1(C)CCC(=O)O. The zero-order valence-electron chi connectivity index (χ0n) is 21.5. The highest BCUT2D eigenvalue weighted by Gasteiger charge is 2.64. The molecule has 1 aliphatic heterocycles. The molecule has 0 bridgehead atoms. The van der Waals surface area contributed by atoms with Crippen molar-refractivity contribution in [3.63, 3.8) is 0 Å². The topological polar surface area (TPSA) is 63.6 Å². The molecule has 3 aliphatic carbocycles. The van der Waals surface area contributed by atoms with Crippen LogP contribution in [0.5, 0.6) is 0 Å². The lowest BCUT2D eigenvalue weighted by atomic mass is 9.51. The minimum absolute atomic E-state index is 0.0435. The lowest BCUT2D eigenvalue weighted by Gasteiger charge is -2.52. The first-order valence-corrected chi connectivity index (χ1v) is 12.7. The molecule has 4 rings (SSSR count). The molecular weight excluding hydrogens is 424 g/mol. The smallest absolute Gasteiger partial charge is 0.339 e. The second-order valence-electron chi connectivity index (χ2n) is 11.8. The molecule has 1 N–H and O–H groups in total.